The van der Waals surface area contributed by atoms with Gasteiger partial charge in [-0.05, 0) is 29.1 Å². The second kappa shape index (κ2) is 8.43. The first kappa shape index (κ1) is 17.9. The molecule has 0 N–H and O–H groups in total. The van der Waals surface area contributed by atoms with Crippen molar-refractivity contribution in [3.8, 4) is 16.3 Å². The molecule has 4 rings (SSSR count). The maximum absolute atomic E-state index is 4.87. The minimum atomic E-state index is 0. The summed E-state index contributed by atoms with van der Waals surface area (Å²) in [5.74, 6) is 0. The Morgan fingerprint density at radius 3 is 2.20 bits per heavy atom. The lowest BCUT2D eigenvalue weighted by atomic mass is 10.2. The molecule has 5 heteroatoms. The van der Waals surface area contributed by atoms with E-state index in [-0.39, 0.29) is 17.0 Å². The minimum absolute atomic E-state index is 0. The zero-order valence-corrected chi connectivity index (χ0v) is 16.6. The minimum Gasteiger partial charge on any atom is -1.00 e. The Bertz CT molecular complexity index is 971. The first-order valence-electron chi connectivity index (χ1n) is 7.76. The topological polar surface area (TPSA) is 17.3 Å². The molecule has 126 valence electrons. The van der Waals surface area contributed by atoms with Crippen molar-refractivity contribution in [3.05, 3.63) is 93.9 Å². The maximum Gasteiger partial charge on any atom is 0.190 e. The van der Waals surface area contributed by atoms with Crippen LogP contribution in [0, 0.1) is 0 Å². The number of benzene rings is 2. The van der Waals surface area contributed by atoms with Gasteiger partial charge in [0, 0.05) is 11.1 Å². The first-order valence-corrected chi connectivity index (χ1v) is 9.52. The third-order valence-corrected chi connectivity index (χ3v) is 5.49. The number of rotatable bonds is 4. The van der Waals surface area contributed by atoms with Gasteiger partial charge in [0.05, 0.1) is 17.1 Å². The molecule has 0 spiro atoms. The molecule has 0 aliphatic carbocycles. The summed E-state index contributed by atoms with van der Waals surface area (Å²) in [4.78, 5) is 7.15. The molecule has 2 aromatic heterocycles. The zero-order valence-electron chi connectivity index (χ0n) is 13.4. The van der Waals surface area contributed by atoms with Gasteiger partial charge in [-0.1, -0.05) is 54.6 Å². The summed E-state index contributed by atoms with van der Waals surface area (Å²) in [7, 11) is 0. The SMILES string of the molecule is [Br-].c1ccc(CN=c2scc(-c3cccs3)n2-c2ccccc2)cc1. The van der Waals surface area contributed by atoms with Gasteiger partial charge in [-0.15, -0.1) is 22.7 Å². The van der Waals surface area contributed by atoms with Crippen molar-refractivity contribution in [3.63, 3.8) is 0 Å². The summed E-state index contributed by atoms with van der Waals surface area (Å²) in [5, 5.41) is 4.31. The van der Waals surface area contributed by atoms with Crippen LogP contribution in [0.15, 0.2) is 88.5 Å². The average molecular weight is 428 g/mol. The average Bonchev–Trinajstić information content (AvgIpc) is 3.31. The van der Waals surface area contributed by atoms with Crippen molar-refractivity contribution in [1.82, 2.24) is 4.57 Å². The highest BCUT2D eigenvalue weighted by Crippen LogP contribution is 2.27. The number of para-hydroxylation sites is 1. The van der Waals surface area contributed by atoms with Gasteiger partial charge in [0.1, 0.15) is 0 Å². The van der Waals surface area contributed by atoms with Gasteiger partial charge in [0.15, 0.2) is 4.80 Å². The highest BCUT2D eigenvalue weighted by molar-refractivity contribution is 7.14. The van der Waals surface area contributed by atoms with Crippen LogP contribution in [0.5, 0.6) is 0 Å². The Balaban J connectivity index is 0.00000182. The highest BCUT2D eigenvalue weighted by Gasteiger charge is 2.10. The second-order valence-corrected chi connectivity index (χ2v) is 7.14. The lowest BCUT2D eigenvalue weighted by molar-refractivity contribution is -0.00000460. The van der Waals surface area contributed by atoms with Crippen LogP contribution in [0.1, 0.15) is 5.56 Å². The molecule has 0 aliphatic heterocycles. The van der Waals surface area contributed by atoms with E-state index in [1.165, 1.54) is 16.1 Å². The molecule has 25 heavy (non-hydrogen) atoms. The Morgan fingerprint density at radius 2 is 1.52 bits per heavy atom. The van der Waals surface area contributed by atoms with Crippen molar-refractivity contribution >= 4 is 22.7 Å². The second-order valence-electron chi connectivity index (χ2n) is 5.35. The molecule has 0 saturated heterocycles. The van der Waals surface area contributed by atoms with Crippen LogP contribution in [-0.2, 0) is 6.54 Å². The Morgan fingerprint density at radius 1 is 0.800 bits per heavy atom. The number of nitrogens with zero attached hydrogens (tertiary/aromatic N) is 2. The molecule has 0 amide bonds. The monoisotopic (exact) mass is 427 g/mol. The summed E-state index contributed by atoms with van der Waals surface area (Å²) < 4.78 is 2.25. The van der Waals surface area contributed by atoms with E-state index in [0.717, 1.165) is 10.5 Å². The quantitative estimate of drug-likeness (QED) is 0.475. The number of thiophene rings is 1. The van der Waals surface area contributed by atoms with Crippen LogP contribution >= 0.6 is 22.7 Å². The zero-order chi connectivity index (χ0) is 16.2. The van der Waals surface area contributed by atoms with Crippen molar-refractivity contribution in [2.24, 2.45) is 4.99 Å². The van der Waals surface area contributed by atoms with Crippen LogP contribution in [-0.4, -0.2) is 4.57 Å². The van der Waals surface area contributed by atoms with E-state index < -0.39 is 0 Å². The fraction of sp³-hybridized carbons (Fsp3) is 0.0500. The molecular weight excluding hydrogens is 412 g/mol. The van der Waals surface area contributed by atoms with Crippen LogP contribution in [0.2, 0.25) is 0 Å². The maximum atomic E-state index is 4.87. The van der Waals surface area contributed by atoms with Crippen molar-refractivity contribution < 1.29 is 17.0 Å². The normalized spacial score (nSPS) is 11.3. The number of hydrogen-bond acceptors (Lipinski definition) is 3. The van der Waals surface area contributed by atoms with E-state index >= 15 is 0 Å². The molecule has 0 radical (unpaired) electrons. The van der Waals surface area contributed by atoms with Gasteiger partial charge >= 0.3 is 0 Å². The van der Waals surface area contributed by atoms with Crippen molar-refractivity contribution in [2.45, 2.75) is 6.54 Å². The van der Waals surface area contributed by atoms with E-state index in [4.69, 9.17) is 4.99 Å². The standard InChI is InChI=1S/C20H16N2S2.BrH/c1-3-8-16(9-4-1)14-21-20-22(17-10-5-2-6-11-17)18(15-24-20)19-12-7-13-23-19;/h1-13,15H,14H2;1H/p-1. The number of halogens is 1. The predicted octanol–water partition coefficient (Wildman–Crippen LogP) is 2.37. The summed E-state index contributed by atoms with van der Waals surface area (Å²) in [6.07, 6.45) is 0. The molecule has 4 aromatic rings. The Kier molecular flexibility index (Phi) is 6.02. The third kappa shape index (κ3) is 4.00. The van der Waals surface area contributed by atoms with Crippen LogP contribution in [0.4, 0.5) is 0 Å². The summed E-state index contributed by atoms with van der Waals surface area (Å²) >= 11 is 3.45. The molecule has 0 fully saturated rings. The molecule has 2 aromatic carbocycles. The first-order chi connectivity index (χ1) is 11.9. The van der Waals surface area contributed by atoms with E-state index in [2.05, 4.69) is 76.0 Å². The highest BCUT2D eigenvalue weighted by atomic mass is 79.9. The number of aromatic nitrogens is 1. The third-order valence-electron chi connectivity index (χ3n) is 3.74. The van der Waals surface area contributed by atoms with E-state index in [1.54, 1.807) is 22.7 Å². The number of thiazole rings is 1. The molecule has 0 unspecified atom stereocenters. The molecular formula is C20H16BrN2S2-. The Hall–Kier alpha value is -1.95. The van der Waals surface area contributed by atoms with Gasteiger partial charge in [-0.2, -0.15) is 0 Å². The van der Waals surface area contributed by atoms with Crippen molar-refractivity contribution in [1.29, 1.82) is 0 Å². The van der Waals surface area contributed by atoms with Crippen LogP contribution in [0.25, 0.3) is 16.3 Å². The fourth-order valence-electron chi connectivity index (χ4n) is 2.59. The summed E-state index contributed by atoms with van der Waals surface area (Å²) in [6.45, 7) is 0.693. The van der Waals surface area contributed by atoms with E-state index in [0.29, 0.717) is 6.54 Å². The van der Waals surface area contributed by atoms with Gasteiger partial charge in [0.25, 0.3) is 0 Å². The lowest BCUT2D eigenvalue weighted by Crippen LogP contribution is -3.00. The molecule has 0 bridgehead atoms. The smallest absolute Gasteiger partial charge is 0.190 e. The Labute approximate surface area is 165 Å². The molecule has 0 aliphatic rings. The predicted molar refractivity (Wildman–Crippen MR) is 103 cm³/mol. The summed E-state index contributed by atoms with van der Waals surface area (Å²) in [5.41, 5.74) is 3.57. The molecule has 2 heterocycles. The van der Waals surface area contributed by atoms with Crippen LogP contribution < -0.4 is 21.8 Å². The molecule has 2 nitrogen and oxygen atoms in total. The van der Waals surface area contributed by atoms with Gasteiger partial charge < -0.3 is 17.0 Å². The van der Waals surface area contributed by atoms with E-state index in [9.17, 15) is 0 Å². The van der Waals surface area contributed by atoms with E-state index in [1.807, 2.05) is 12.1 Å². The largest absolute Gasteiger partial charge is 1.00 e. The fourth-order valence-corrected chi connectivity index (χ4v) is 4.29. The van der Waals surface area contributed by atoms with Gasteiger partial charge in [0.2, 0.25) is 0 Å². The molecule has 0 atom stereocenters. The van der Waals surface area contributed by atoms with Crippen LogP contribution in [0.3, 0.4) is 0 Å². The lowest BCUT2D eigenvalue weighted by Gasteiger charge is -2.07. The number of hydrogen-bond donors (Lipinski definition) is 0. The van der Waals surface area contributed by atoms with Gasteiger partial charge in [-0.25, -0.2) is 0 Å². The van der Waals surface area contributed by atoms with Gasteiger partial charge in [-0.3, -0.25) is 9.56 Å². The summed E-state index contributed by atoms with van der Waals surface area (Å²) in [6, 6.07) is 25.1. The molecule has 0 saturated carbocycles. The van der Waals surface area contributed by atoms with Crippen molar-refractivity contribution in [2.75, 3.05) is 0 Å².